The molecule has 0 atom stereocenters. The van der Waals surface area contributed by atoms with Gasteiger partial charge in [0, 0.05) is 26.6 Å². The first kappa shape index (κ1) is 16.4. The van der Waals surface area contributed by atoms with Crippen molar-refractivity contribution in [2.45, 2.75) is 27.2 Å². The molecular weight excluding hydrogens is 274 g/mol. The van der Waals surface area contributed by atoms with Crippen molar-refractivity contribution in [3.8, 4) is 0 Å². The number of rotatable bonds is 7. The van der Waals surface area contributed by atoms with Gasteiger partial charge in [-0.2, -0.15) is 5.10 Å². The highest BCUT2D eigenvalue weighted by atomic mass is 32.1. The molecule has 20 heavy (non-hydrogen) atoms. The first-order valence-corrected chi connectivity index (χ1v) is 7.07. The van der Waals surface area contributed by atoms with Crippen LogP contribution in [0.25, 0.3) is 0 Å². The molecule has 0 unspecified atom stereocenters. The lowest BCUT2D eigenvalue weighted by Crippen LogP contribution is -2.29. The van der Waals surface area contributed by atoms with Crippen LogP contribution in [0.15, 0.2) is 0 Å². The monoisotopic (exact) mass is 297 g/mol. The summed E-state index contributed by atoms with van der Waals surface area (Å²) in [6, 6.07) is 0. The highest BCUT2D eigenvalue weighted by Gasteiger charge is 2.15. The van der Waals surface area contributed by atoms with Crippen LogP contribution in [0.5, 0.6) is 0 Å². The average molecular weight is 297 g/mol. The smallest absolute Gasteiger partial charge is 0.221 e. The number of carbonyl (C=O) groups is 1. The fraction of sp³-hybridized carbons (Fsp3) is 0.615. The maximum absolute atomic E-state index is 11.6. The topological polar surface area (TPSA) is 85.0 Å². The molecule has 0 aliphatic rings. The minimum absolute atomic E-state index is 0.0296. The van der Waals surface area contributed by atoms with Gasteiger partial charge in [0.2, 0.25) is 5.91 Å². The molecule has 6 nitrogen and oxygen atoms in total. The average Bonchev–Trinajstić information content (AvgIpc) is 2.61. The molecule has 0 aliphatic heterocycles. The third kappa shape index (κ3) is 4.48. The van der Waals surface area contributed by atoms with Crippen molar-refractivity contribution >= 4 is 28.9 Å². The lowest BCUT2D eigenvalue weighted by molar-refractivity contribution is -0.120. The van der Waals surface area contributed by atoms with Crippen molar-refractivity contribution in [2.24, 2.45) is 18.7 Å². The van der Waals surface area contributed by atoms with Crippen molar-refractivity contribution in [3.63, 3.8) is 0 Å². The summed E-state index contributed by atoms with van der Waals surface area (Å²) in [5, 5.41) is 10.3. The summed E-state index contributed by atoms with van der Waals surface area (Å²) in [7, 11) is 1.82. The number of nitrogens with zero attached hydrogens (tertiary/aromatic N) is 2. The van der Waals surface area contributed by atoms with Gasteiger partial charge in [0.1, 0.15) is 10.8 Å². The quantitative estimate of drug-likeness (QED) is 0.652. The number of anilines is 1. The normalized spacial score (nSPS) is 10.7. The lowest BCUT2D eigenvalue weighted by Gasteiger charge is -2.10. The molecular formula is C13H23N5OS. The summed E-state index contributed by atoms with van der Waals surface area (Å²) in [5.41, 5.74) is 7.22. The van der Waals surface area contributed by atoms with Crippen molar-refractivity contribution in [1.82, 2.24) is 15.1 Å². The second-order valence-electron chi connectivity index (χ2n) is 5.17. The van der Waals surface area contributed by atoms with Gasteiger partial charge >= 0.3 is 0 Å². The SMILES string of the molecule is Cc1nn(C)c(NCCC(=O)NCC(C)C)c1C(N)=S. The zero-order valence-electron chi connectivity index (χ0n) is 12.5. The van der Waals surface area contributed by atoms with Crippen molar-refractivity contribution < 1.29 is 4.79 Å². The minimum atomic E-state index is 0.0296. The van der Waals surface area contributed by atoms with E-state index in [2.05, 4.69) is 29.6 Å². The van der Waals surface area contributed by atoms with E-state index in [1.165, 1.54) is 0 Å². The summed E-state index contributed by atoms with van der Waals surface area (Å²) in [4.78, 5) is 11.9. The van der Waals surface area contributed by atoms with E-state index in [9.17, 15) is 4.79 Å². The molecule has 1 amide bonds. The first-order valence-electron chi connectivity index (χ1n) is 6.66. The van der Waals surface area contributed by atoms with Gasteiger partial charge < -0.3 is 16.4 Å². The predicted molar refractivity (Wildman–Crippen MR) is 84.8 cm³/mol. The number of hydrogen-bond donors (Lipinski definition) is 3. The van der Waals surface area contributed by atoms with Crippen LogP contribution < -0.4 is 16.4 Å². The van der Waals surface area contributed by atoms with Crippen molar-refractivity contribution in [3.05, 3.63) is 11.3 Å². The number of aromatic nitrogens is 2. The van der Waals surface area contributed by atoms with Gasteiger partial charge in [-0.1, -0.05) is 26.1 Å². The van der Waals surface area contributed by atoms with Gasteiger partial charge in [-0.25, -0.2) is 0 Å². The highest BCUT2D eigenvalue weighted by molar-refractivity contribution is 7.80. The molecule has 1 rings (SSSR count). The molecule has 0 saturated carbocycles. The molecule has 0 saturated heterocycles. The standard InChI is InChI=1S/C13H23N5OS/c1-8(2)7-16-10(19)5-6-15-13-11(12(14)20)9(3)17-18(13)4/h8,15H,5-7H2,1-4H3,(H2,14,20)(H,16,19). The molecule has 1 aromatic heterocycles. The number of amides is 1. The molecule has 1 aromatic rings. The largest absolute Gasteiger partial charge is 0.389 e. The van der Waals surface area contributed by atoms with Crippen LogP contribution >= 0.6 is 12.2 Å². The first-order chi connectivity index (χ1) is 9.32. The number of hydrogen-bond acceptors (Lipinski definition) is 4. The van der Waals surface area contributed by atoms with Crippen LogP contribution in [0.4, 0.5) is 5.82 Å². The summed E-state index contributed by atoms with van der Waals surface area (Å²) in [5.74, 6) is 1.24. The summed E-state index contributed by atoms with van der Waals surface area (Å²) in [6.45, 7) is 7.19. The van der Waals surface area contributed by atoms with Crippen molar-refractivity contribution in [1.29, 1.82) is 0 Å². The number of nitrogens with one attached hydrogen (secondary N) is 2. The van der Waals surface area contributed by atoms with Gasteiger partial charge in [-0.3, -0.25) is 9.48 Å². The Hall–Kier alpha value is -1.63. The van der Waals surface area contributed by atoms with Crippen LogP contribution in [0.3, 0.4) is 0 Å². The Bertz CT molecular complexity index is 495. The van der Waals surface area contributed by atoms with Crippen molar-refractivity contribution in [2.75, 3.05) is 18.4 Å². The number of thiocarbonyl (C=S) groups is 1. The van der Waals surface area contributed by atoms with E-state index in [1.54, 1.807) is 4.68 Å². The summed E-state index contributed by atoms with van der Waals surface area (Å²) < 4.78 is 1.69. The Morgan fingerprint density at radius 2 is 2.15 bits per heavy atom. The molecule has 0 fully saturated rings. The molecule has 7 heteroatoms. The molecule has 4 N–H and O–H groups in total. The van der Waals surface area contributed by atoms with Crippen LogP contribution in [0, 0.1) is 12.8 Å². The zero-order chi connectivity index (χ0) is 15.3. The zero-order valence-corrected chi connectivity index (χ0v) is 13.3. The van der Waals surface area contributed by atoms with Gasteiger partial charge in [-0.05, 0) is 12.8 Å². The third-order valence-electron chi connectivity index (χ3n) is 2.82. The second kappa shape index (κ2) is 7.23. The van der Waals surface area contributed by atoms with E-state index >= 15 is 0 Å². The number of carbonyl (C=O) groups excluding carboxylic acids is 1. The molecule has 0 aliphatic carbocycles. The molecule has 0 spiro atoms. The van der Waals surface area contributed by atoms with E-state index in [1.807, 2.05) is 14.0 Å². The van der Waals surface area contributed by atoms with Crippen LogP contribution in [0.1, 0.15) is 31.5 Å². The Balaban J connectivity index is 2.54. The summed E-state index contributed by atoms with van der Waals surface area (Å²) in [6.07, 6.45) is 0.397. The Labute approximate surface area is 125 Å². The van der Waals surface area contributed by atoms with Gasteiger partial charge in [0.05, 0.1) is 11.3 Å². The summed E-state index contributed by atoms with van der Waals surface area (Å²) >= 11 is 5.03. The van der Waals surface area contributed by atoms with Gasteiger partial charge in [-0.15, -0.1) is 0 Å². The second-order valence-corrected chi connectivity index (χ2v) is 5.61. The Morgan fingerprint density at radius 1 is 1.50 bits per heavy atom. The fourth-order valence-electron chi connectivity index (χ4n) is 1.86. The van der Waals surface area contributed by atoms with E-state index < -0.39 is 0 Å². The maximum atomic E-state index is 11.6. The molecule has 1 heterocycles. The molecule has 0 aromatic carbocycles. The third-order valence-corrected chi connectivity index (χ3v) is 3.02. The van der Waals surface area contributed by atoms with E-state index in [-0.39, 0.29) is 5.91 Å². The fourth-order valence-corrected chi connectivity index (χ4v) is 2.10. The van der Waals surface area contributed by atoms with Crippen LogP contribution in [-0.4, -0.2) is 33.8 Å². The van der Waals surface area contributed by atoms with Crippen LogP contribution in [-0.2, 0) is 11.8 Å². The number of aryl methyl sites for hydroxylation is 2. The minimum Gasteiger partial charge on any atom is -0.389 e. The van der Waals surface area contributed by atoms with E-state index in [0.717, 1.165) is 17.1 Å². The Morgan fingerprint density at radius 3 is 2.70 bits per heavy atom. The van der Waals surface area contributed by atoms with Gasteiger partial charge in [0.15, 0.2) is 0 Å². The number of nitrogens with two attached hydrogens (primary N) is 1. The van der Waals surface area contributed by atoms with Crippen LogP contribution in [0.2, 0.25) is 0 Å². The molecule has 0 bridgehead atoms. The predicted octanol–water partition coefficient (Wildman–Crippen LogP) is 0.937. The van der Waals surface area contributed by atoms with E-state index in [0.29, 0.717) is 30.4 Å². The van der Waals surface area contributed by atoms with E-state index in [4.69, 9.17) is 18.0 Å². The molecule has 112 valence electrons. The Kier molecular flexibility index (Phi) is 5.94. The molecule has 0 radical (unpaired) electrons. The maximum Gasteiger partial charge on any atom is 0.221 e. The van der Waals surface area contributed by atoms with Gasteiger partial charge in [0.25, 0.3) is 0 Å². The highest BCUT2D eigenvalue weighted by Crippen LogP contribution is 2.18. The lowest BCUT2D eigenvalue weighted by atomic mass is 10.2.